The number of nitrogens with zero attached hydrogens (tertiary/aromatic N) is 3. The first-order chi connectivity index (χ1) is 7.47. The Hall–Kier alpha value is -1.10. The molecule has 16 heavy (non-hydrogen) atoms. The van der Waals surface area contributed by atoms with Gasteiger partial charge in [-0.3, -0.25) is 5.10 Å². The zero-order chi connectivity index (χ0) is 11.8. The van der Waals surface area contributed by atoms with E-state index in [4.69, 9.17) is 5.73 Å². The van der Waals surface area contributed by atoms with Crippen LogP contribution in [0.25, 0.3) is 0 Å². The van der Waals surface area contributed by atoms with Crippen molar-refractivity contribution >= 4 is 5.95 Å². The highest BCUT2D eigenvalue weighted by molar-refractivity contribution is 5.30. The summed E-state index contributed by atoms with van der Waals surface area (Å²) in [5, 5.41) is 7.30. The van der Waals surface area contributed by atoms with Gasteiger partial charge in [0.15, 0.2) is 0 Å². The summed E-state index contributed by atoms with van der Waals surface area (Å²) >= 11 is 0. The van der Waals surface area contributed by atoms with Gasteiger partial charge in [-0.2, -0.15) is 4.98 Å². The molecule has 1 aromatic heterocycles. The third kappa shape index (κ3) is 2.35. The fourth-order valence-corrected chi connectivity index (χ4v) is 1.83. The summed E-state index contributed by atoms with van der Waals surface area (Å²) in [5.74, 6) is 1.76. The number of H-pyrrole nitrogens is 1. The van der Waals surface area contributed by atoms with Crippen LogP contribution in [0.4, 0.5) is 5.95 Å². The first-order valence-corrected chi connectivity index (χ1v) is 5.90. The Morgan fingerprint density at radius 1 is 1.31 bits per heavy atom. The third-order valence-electron chi connectivity index (χ3n) is 3.01. The highest BCUT2D eigenvalue weighted by Crippen LogP contribution is 2.21. The summed E-state index contributed by atoms with van der Waals surface area (Å²) in [6, 6.07) is 0.345. The van der Waals surface area contributed by atoms with E-state index in [0.29, 0.717) is 6.04 Å². The molecule has 3 N–H and O–H groups in total. The van der Waals surface area contributed by atoms with Gasteiger partial charge in [-0.05, 0) is 12.8 Å². The lowest BCUT2D eigenvalue weighted by atomic mass is 9.96. The average Bonchev–Trinajstić information content (AvgIpc) is 2.67. The fraction of sp³-hybridized carbons (Fsp3) is 0.818. The van der Waals surface area contributed by atoms with Crippen LogP contribution < -0.4 is 10.6 Å². The molecule has 0 aliphatic carbocycles. The number of rotatable bonds is 1. The second-order valence-corrected chi connectivity index (χ2v) is 5.56. The summed E-state index contributed by atoms with van der Waals surface area (Å²) in [6.45, 7) is 8.31. The molecule has 1 aromatic rings. The van der Waals surface area contributed by atoms with Gasteiger partial charge in [0.25, 0.3) is 0 Å². The minimum Gasteiger partial charge on any atom is -0.339 e. The molecule has 0 atom stereocenters. The van der Waals surface area contributed by atoms with Crippen LogP contribution >= 0.6 is 0 Å². The predicted octanol–water partition coefficient (Wildman–Crippen LogP) is 1.03. The molecule has 0 spiro atoms. The Kier molecular flexibility index (Phi) is 2.88. The number of hydrogen-bond acceptors (Lipinski definition) is 4. The molecular formula is C11H21N5. The van der Waals surface area contributed by atoms with Gasteiger partial charge >= 0.3 is 0 Å². The standard InChI is InChI=1S/C11H21N5/c1-11(2,3)9-13-10(15-14-9)16-6-4-8(12)5-7-16/h8H,4-7,12H2,1-3H3,(H,13,14,15). The van der Waals surface area contributed by atoms with E-state index in [0.717, 1.165) is 37.7 Å². The van der Waals surface area contributed by atoms with E-state index < -0.39 is 0 Å². The van der Waals surface area contributed by atoms with Gasteiger partial charge in [0.05, 0.1) is 0 Å². The number of nitrogens with two attached hydrogens (primary N) is 1. The van der Waals surface area contributed by atoms with Gasteiger partial charge in [0, 0.05) is 24.5 Å². The number of anilines is 1. The van der Waals surface area contributed by atoms with Crippen molar-refractivity contribution in [3.8, 4) is 0 Å². The molecule has 0 aromatic carbocycles. The molecule has 1 aliphatic heterocycles. The van der Waals surface area contributed by atoms with Crippen LogP contribution in [0.15, 0.2) is 0 Å². The van der Waals surface area contributed by atoms with Crippen LogP contribution in [0.3, 0.4) is 0 Å². The van der Waals surface area contributed by atoms with Gasteiger partial charge in [-0.15, -0.1) is 5.10 Å². The quantitative estimate of drug-likeness (QED) is 0.746. The highest BCUT2D eigenvalue weighted by atomic mass is 15.4. The van der Waals surface area contributed by atoms with E-state index in [2.05, 4.69) is 40.9 Å². The van der Waals surface area contributed by atoms with Crippen LogP contribution in [0.1, 0.15) is 39.4 Å². The zero-order valence-electron chi connectivity index (χ0n) is 10.3. The molecule has 1 aliphatic rings. The van der Waals surface area contributed by atoms with Crippen LogP contribution in [0, 0.1) is 0 Å². The molecule has 1 fully saturated rings. The minimum absolute atomic E-state index is 0.0252. The molecule has 5 nitrogen and oxygen atoms in total. The van der Waals surface area contributed by atoms with Gasteiger partial charge < -0.3 is 10.6 Å². The third-order valence-corrected chi connectivity index (χ3v) is 3.01. The maximum atomic E-state index is 5.87. The van der Waals surface area contributed by atoms with Crippen molar-refractivity contribution in [2.45, 2.75) is 45.1 Å². The molecule has 2 rings (SSSR count). The Labute approximate surface area is 96.4 Å². The number of aromatic nitrogens is 3. The van der Waals surface area contributed by atoms with Crippen molar-refractivity contribution in [3.05, 3.63) is 5.82 Å². The van der Waals surface area contributed by atoms with E-state index in [1.54, 1.807) is 0 Å². The van der Waals surface area contributed by atoms with E-state index >= 15 is 0 Å². The summed E-state index contributed by atoms with van der Waals surface area (Å²) in [6.07, 6.45) is 2.05. The molecule has 2 heterocycles. The summed E-state index contributed by atoms with van der Waals surface area (Å²) < 4.78 is 0. The topological polar surface area (TPSA) is 70.8 Å². The number of aromatic amines is 1. The van der Waals surface area contributed by atoms with Crippen molar-refractivity contribution < 1.29 is 0 Å². The molecule has 5 heteroatoms. The van der Waals surface area contributed by atoms with E-state index in [1.165, 1.54) is 0 Å². The second-order valence-electron chi connectivity index (χ2n) is 5.56. The minimum atomic E-state index is 0.0252. The summed E-state index contributed by atoms with van der Waals surface area (Å²) in [7, 11) is 0. The van der Waals surface area contributed by atoms with Crippen molar-refractivity contribution in [3.63, 3.8) is 0 Å². The van der Waals surface area contributed by atoms with E-state index in [-0.39, 0.29) is 5.41 Å². The maximum Gasteiger partial charge on any atom is 0.244 e. The lowest BCUT2D eigenvalue weighted by molar-refractivity contribution is 0.495. The normalized spacial score (nSPS) is 19.1. The van der Waals surface area contributed by atoms with Crippen LogP contribution in [-0.2, 0) is 5.41 Å². The lowest BCUT2D eigenvalue weighted by Crippen LogP contribution is -2.40. The Morgan fingerprint density at radius 3 is 2.44 bits per heavy atom. The molecule has 90 valence electrons. The van der Waals surface area contributed by atoms with Gasteiger partial charge in [-0.1, -0.05) is 20.8 Å². The Morgan fingerprint density at radius 2 is 1.94 bits per heavy atom. The van der Waals surface area contributed by atoms with Crippen LogP contribution in [-0.4, -0.2) is 34.3 Å². The van der Waals surface area contributed by atoms with Crippen LogP contribution in [0.2, 0.25) is 0 Å². The molecular weight excluding hydrogens is 202 g/mol. The maximum absolute atomic E-state index is 5.87. The van der Waals surface area contributed by atoms with Crippen molar-refractivity contribution in [1.29, 1.82) is 0 Å². The van der Waals surface area contributed by atoms with Gasteiger partial charge in [-0.25, -0.2) is 0 Å². The molecule has 1 saturated heterocycles. The molecule has 0 radical (unpaired) electrons. The predicted molar refractivity (Wildman–Crippen MR) is 64.5 cm³/mol. The summed E-state index contributed by atoms with van der Waals surface area (Å²) in [5.41, 5.74) is 5.90. The zero-order valence-corrected chi connectivity index (χ0v) is 10.3. The van der Waals surface area contributed by atoms with Crippen molar-refractivity contribution in [2.75, 3.05) is 18.0 Å². The highest BCUT2D eigenvalue weighted by Gasteiger charge is 2.23. The number of nitrogens with one attached hydrogen (secondary N) is 1. The largest absolute Gasteiger partial charge is 0.339 e. The van der Waals surface area contributed by atoms with Crippen LogP contribution in [0.5, 0.6) is 0 Å². The Bertz CT molecular complexity index is 344. The molecule has 0 amide bonds. The number of hydrogen-bond donors (Lipinski definition) is 2. The van der Waals surface area contributed by atoms with E-state index in [1.807, 2.05) is 0 Å². The molecule has 0 bridgehead atoms. The SMILES string of the molecule is CC(C)(C)c1nc(N2CCC(N)CC2)n[nH]1. The summed E-state index contributed by atoms with van der Waals surface area (Å²) in [4.78, 5) is 6.75. The lowest BCUT2D eigenvalue weighted by Gasteiger charge is -2.29. The first-order valence-electron chi connectivity index (χ1n) is 5.90. The van der Waals surface area contributed by atoms with Gasteiger partial charge in [0.2, 0.25) is 5.95 Å². The molecule has 0 saturated carbocycles. The number of piperidine rings is 1. The van der Waals surface area contributed by atoms with Gasteiger partial charge in [0.1, 0.15) is 5.82 Å². The second kappa shape index (κ2) is 4.05. The Balaban J connectivity index is 2.08. The first kappa shape index (κ1) is 11.4. The molecule has 0 unspecified atom stereocenters. The smallest absolute Gasteiger partial charge is 0.244 e. The van der Waals surface area contributed by atoms with E-state index in [9.17, 15) is 0 Å². The average molecular weight is 223 g/mol. The fourth-order valence-electron chi connectivity index (χ4n) is 1.83. The monoisotopic (exact) mass is 223 g/mol. The van der Waals surface area contributed by atoms with Crippen molar-refractivity contribution in [1.82, 2.24) is 15.2 Å². The van der Waals surface area contributed by atoms with Crippen molar-refractivity contribution in [2.24, 2.45) is 5.73 Å².